The van der Waals surface area contributed by atoms with Crippen LogP contribution in [0, 0.1) is 17.6 Å². The van der Waals surface area contributed by atoms with Crippen molar-refractivity contribution < 1.29 is 8.78 Å². The third-order valence-electron chi connectivity index (χ3n) is 2.91. The topological polar surface area (TPSA) is 12.0 Å². The molecular weight excluding hydrogens is 232 g/mol. The van der Waals surface area contributed by atoms with Crippen molar-refractivity contribution in [3.63, 3.8) is 0 Å². The lowest BCUT2D eigenvalue weighted by Crippen LogP contribution is -2.28. The normalized spacial score (nSPS) is 16.9. The minimum absolute atomic E-state index is 0. The largest absolute Gasteiger partial charge is 0.317 e. The minimum atomic E-state index is -0.473. The molecule has 2 rings (SSSR count). The molecule has 1 aromatic rings. The van der Waals surface area contributed by atoms with Crippen LogP contribution in [0.5, 0.6) is 0 Å². The zero-order valence-corrected chi connectivity index (χ0v) is 9.83. The minimum Gasteiger partial charge on any atom is -0.317 e. The highest BCUT2D eigenvalue weighted by atomic mass is 35.5. The molecule has 0 aliphatic carbocycles. The fourth-order valence-electron chi connectivity index (χ4n) is 2.15. The summed E-state index contributed by atoms with van der Waals surface area (Å²) in [4.78, 5) is 0. The van der Waals surface area contributed by atoms with Crippen LogP contribution in [-0.4, -0.2) is 13.1 Å². The van der Waals surface area contributed by atoms with Crippen molar-refractivity contribution >= 4 is 12.4 Å². The average molecular weight is 248 g/mol. The molecule has 0 spiro atoms. The van der Waals surface area contributed by atoms with E-state index in [1.807, 2.05) is 0 Å². The first-order chi connectivity index (χ1) is 7.24. The maximum Gasteiger partial charge on any atom is 0.126 e. The lowest BCUT2D eigenvalue weighted by Gasteiger charge is -2.22. The van der Waals surface area contributed by atoms with Gasteiger partial charge in [0.15, 0.2) is 0 Å². The van der Waals surface area contributed by atoms with Crippen molar-refractivity contribution in [1.29, 1.82) is 0 Å². The van der Waals surface area contributed by atoms with Crippen molar-refractivity contribution in [2.24, 2.45) is 5.92 Å². The number of hydrogen-bond donors (Lipinski definition) is 1. The summed E-state index contributed by atoms with van der Waals surface area (Å²) in [5.41, 5.74) is 0.777. The highest BCUT2D eigenvalue weighted by Gasteiger charge is 2.14. The van der Waals surface area contributed by atoms with Crippen molar-refractivity contribution in [2.75, 3.05) is 13.1 Å². The second kappa shape index (κ2) is 6.16. The van der Waals surface area contributed by atoms with E-state index in [0.717, 1.165) is 44.0 Å². The molecule has 1 nitrogen and oxygen atoms in total. The number of benzene rings is 1. The van der Waals surface area contributed by atoms with E-state index in [1.54, 1.807) is 0 Å². The van der Waals surface area contributed by atoms with Crippen LogP contribution in [0.25, 0.3) is 0 Å². The number of halogens is 3. The van der Waals surface area contributed by atoms with E-state index in [4.69, 9.17) is 0 Å². The quantitative estimate of drug-likeness (QED) is 0.847. The summed E-state index contributed by atoms with van der Waals surface area (Å²) < 4.78 is 25.9. The lowest BCUT2D eigenvalue weighted by molar-refractivity contribution is 0.372. The molecule has 90 valence electrons. The Hall–Kier alpha value is -0.670. The van der Waals surface area contributed by atoms with E-state index in [2.05, 4.69) is 5.32 Å². The van der Waals surface area contributed by atoms with Crippen LogP contribution in [0.4, 0.5) is 8.78 Å². The molecule has 4 heteroatoms. The number of hydrogen-bond acceptors (Lipinski definition) is 1. The van der Waals surface area contributed by atoms with Gasteiger partial charge in [-0.05, 0) is 56.0 Å². The number of piperidine rings is 1. The molecule has 0 amide bonds. The standard InChI is InChI=1S/C12H15F2N.ClH/c13-11-6-10(7-12(14)8-11)5-9-1-3-15-4-2-9;/h6-9,15H,1-5H2;1H. The number of nitrogens with one attached hydrogen (secondary N) is 1. The van der Waals surface area contributed by atoms with E-state index in [-0.39, 0.29) is 12.4 Å². The maximum absolute atomic E-state index is 12.9. The van der Waals surface area contributed by atoms with Gasteiger partial charge in [-0.15, -0.1) is 12.4 Å². The molecule has 0 saturated carbocycles. The van der Waals surface area contributed by atoms with Gasteiger partial charge in [0.2, 0.25) is 0 Å². The second-order valence-corrected chi connectivity index (χ2v) is 4.18. The molecule has 0 atom stereocenters. The van der Waals surface area contributed by atoms with Gasteiger partial charge in [0.1, 0.15) is 11.6 Å². The van der Waals surface area contributed by atoms with Gasteiger partial charge >= 0.3 is 0 Å². The smallest absolute Gasteiger partial charge is 0.126 e. The van der Waals surface area contributed by atoms with E-state index in [9.17, 15) is 8.78 Å². The Bertz CT molecular complexity index is 318. The van der Waals surface area contributed by atoms with E-state index >= 15 is 0 Å². The molecule has 1 saturated heterocycles. The van der Waals surface area contributed by atoms with Crippen molar-refractivity contribution in [2.45, 2.75) is 19.3 Å². The summed E-state index contributed by atoms with van der Waals surface area (Å²) in [6.45, 7) is 2.03. The summed E-state index contributed by atoms with van der Waals surface area (Å²) in [7, 11) is 0. The lowest BCUT2D eigenvalue weighted by atomic mass is 9.91. The van der Waals surface area contributed by atoms with Crippen molar-refractivity contribution in [1.82, 2.24) is 5.32 Å². The van der Waals surface area contributed by atoms with E-state index in [1.165, 1.54) is 12.1 Å². The van der Waals surface area contributed by atoms with Gasteiger partial charge in [-0.2, -0.15) is 0 Å². The molecule has 1 N–H and O–H groups in total. The zero-order chi connectivity index (χ0) is 10.7. The van der Waals surface area contributed by atoms with Gasteiger partial charge in [0.05, 0.1) is 0 Å². The van der Waals surface area contributed by atoms with Crippen LogP contribution in [0.15, 0.2) is 18.2 Å². The molecule has 16 heavy (non-hydrogen) atoms. The molecule has 1 fully saturated rings. The van der Waals surface area contributed by atoms with Crippen LogP contribution >= 0.6 is 12.4 Å². The van der Waals surface area contributed by atoms with Gasteiger partial charge in [0, 0.05) is 6.07 Å². The van der Waals surface area contributed by atoms with Gasteiger partial charge in [-0.25, -0.2) is 8.78 Å². The predicted molar refractivity (Wildman–Crippen MR) is 62.9 cm³/mol. The summed E-state index contributed by atoms with van der Waals surface area (Å²) in [6, 6.07) is 3.79. The van der Waals surface area contributed by atoms with Gasteiger partial charge in [-0.3, -0.25) is 0 Å². The Labute approximate surface area is 101 Å². The first-order valence-electron chi connectivity index (χ1n) is 5.40. The second-order valence-electron chi connectivity index (χ2n) is 4.18. The molecule has 1 aromatic carbocycles. The van der Waals surface area contributed by atoms with Gasteiger partial charge in [0.25, 0.3) is 0 Å². The predicted octanol–water partition coefficient (Wildman–Crippen LogP) is 2.93. The first-order valence-corrected chi connectivity index (χ1v) is 5.40. The maximum atomic E-state index is 12.9. The molecule has 1 aliphatic rings. The van der Waals surface area contributed by atoms with Crippen LogP contribution in [0.1, 0.15) is 18.4 Å². The van der Waals surface area contributed by atoms with Crippen LogP contribution in [0.2, 0.25) is 0 Å². The summed E-state index contributed by atoms with van der Waals surface area (Å²) in [5.74, 6) is -0.384. The molecule has 0 bridgehead atoms. The monoisotopic (exact) mass is 247 g/mol. The summed E-state index contributed by atoms with van der Waals surface area (Å²) >= 11 is 0. The summed E-state index contributed by atoms with van der Waals surface area (Å²) in [6.07, 6.45) is 2.98. The third kappa shape index (κ3) is 3.72. The summed E-state index contributed by atoms with van der Waals surface area (Å²) in [5, 5.41) is 3.28. The molecular formula is C12H16ClF2N. The van der Waals surface area contributed by atoms with Crippen LogP contribution < -0.4 is 5.32 Å². The Morgan fingerprint density at radius 2 is 1.62 bits per heavy atom. The zero-order valence-electron chi connectivity index (χ0n) is 9.01. The fourth-order valence-corrected chi connectivity index (χ4v) is 2.15. The molecule has 1 heterocycles. The van der Waals surface area contributed by atoms with E-state index < -0.39 is 11.6 Å². The fraction of sp³-hybridized carbons (Fsp3) is 0.500. The molecule has 1 aliphatic heterocycles. The highest BCUT2D eigenvalue weighted by Crippen LogP contribution is 2.19. The Balaban J connectivity index is 0.00000128. The Morgan fingerprint density at radius 3 is 2.19 bits per heavy atom. The van der Waals surface area contributed by atoms with Gasteiger partial charge in [-0.1, -0.05) is 0 Å². The average Bonchev–Trinajstić information content (AvgIpc) is 2.17. The van der Waals surface area contributed by atoms with Crippen LogP contribution in [0.3, 0.4) is 0 Å². The Kier molecular flexibility index (Phi) is 5.16. The number of rotatable bonds is 2. The van der Waals surface area contributed by atoms with Crippen molar-refractivity contribution in [3.8, 4) is 0 Å². The van der Waals surface area contributed by atoms with Gasteiger partial charge < -0.3 is 5.32 Å². The molecule has 0 unspecified atom stereocenters. The van der Waals surface area contributed by atoms with Crippen molar-refractivity contribution in [3.05, 3.63) is 35.4 Å². The van der Waals surface area contributed by atoms with Crippen LogP contribution in [-0.2, 0) is 6.42 Å². The SMILES string of the molecule is Cl.Fc1cc(F)cc(CC2CCNCC2)c1. The third-order valence-corrected chi connectivity index (χ3v) is 2.91. The molecule has 0 aromatic heterocycles. The van der Waals surface area contributed by atoms with E-state index in [0.29, 0.717) is 5.92 Å². The first kappa shape index (κ1) is 13.4. The molecule has 0 radical (unpaired) electrons. The Morgan fingerprint density at radius 1 is 1.06 bits per heavy atom. The highest BCUT2D eigenvalue weighted by molar-refractivity contribution is 5.85.